The highest BCUT2D eigenvalue weighted by molar-refractivity contribution is 9.10. The predicted octanol–water partition coefficient (Wildman–Crippen LogP) is 0.608. The Labute approximate surface area is 72.2 Å². The van der Waals surface area contributed by atoms with E-state index in [1.165, 1.54) is 4.57 Å². The minimum absolute atomic E-state index is 0.236. The maximum absolute atomic E-state index is 11.0. The first-order chi connectivity index (χ1) is 5.15. The zero-order valence-corrected chi connectivity index (χ0v) is 7.63. The van der Waals surface area contributed by atoms with Gasteiger partial charge in [-0.2, -0.15) is 4.98 Å². The Morgan fingerprint density at radius 2 is 2.45 bits per heavy atom. The predicted molar refractivity (Wildman–Crippen MR) is 46.3 cm³/mol. The van der Waals surface area contributed by atoms with Gasteiger partial charge in [-0.3, -0.25) is 4.57 Å². The number of anilines is 1. The first-order valence-electron chi connectivity index (χ1n) is 3.17. The van der Waals surface area contributed by atoms with Crippen LogP contribution < -0.4 is 11.4 Å². The summed E-state index contributed by atoms with van der Waals surface area (Å²) < 4.78 is 2.12. The summed E-state index contributed by atoms with van der Waals surface area (Å²) in [5.74, 6) is 0.236. The Bertz CT molecular complexity index is 320. The highest BCUT2D eigenvalue weighted by atomic mass is 79.9. The Morgan fingerprint density at radius 1 is 1.82 bits per heavy atom. The first-order valence-corrected chi connectivity index (χ1v) is 3.97. The molecule has 0 saturated heterocycles. The second-order valence-electron chi connectivity index (χ2n) is 2.04. The molecule has 0 radical (unpaired) electrons. The molecule has 0 unspecified atom stereocenters. The van der Waals surface area contributed by atoms with Crippen molar-refractivity contribution in [2.75, 3.05) is 5.73 Å². The maximum atomic E-state index is 11.0. The van der Waals surface area contributed by atoms with Crippen LogP contribution in [0.3, 0.4) is 0 Å². The molecule has 0 fully saturated rings. The topological polar surface area (TPSA) is 60.9 Å². The monoisotopic (exact) mass is 217 g/mol. The maximum Gasteiger partial charge on any atom is 0.349 e. The summed E-state index contributed by atoms with van der Waals surface area (Å²) in [6.07, 6.45) is 1.63. The van der Waals surface area contributed by atoms with Crippen molar-refractivity contribution in [2.45, 2.75) is 13.5 Å². The fraction of sp³-hybridized carbons (Fsp3) is 0.333. The van der Waals surface area contributed by atoms with Crippen LogP contribution in [0, 0.1) is 0 Å². The van der Waals surface area contributed by atoms with E-state index in [1.807, 2.05) is 6.92 Å². The van der Waals surface area contributed by atoms with Crippen molar-refractivity contribution in [3.63, 3.8) is 0 Å². The van der Waals surface area contributed by atoms with Gasteiger partial charge in [-0.05, 0) is 22.9 Å². The van der Waals surface area contributed by atoms with Crippen LogP contribution in [0.1, 0.15) is 6.92 Å². The van der Waals surface area contributed by atoms with E-state index in [9.17, 15) is 4.79 Å². The normalized spacial score (nSPS) is 10.0. The quantitative estimate of drug-likeness (QED) is 0.751. The van der Waals surface area contributed by atoms with Crippen molar-refractivity contribution in [3.05, 3.63) is 21.2 Å². The van der Waals surface area contributed by atoms with Crippen molar-refractivity contribution >= 4 is 21.7 Å². The molecule has 11 heavy (non-hydrogen) atoms. The van der Waals surface area contributed by atoms with Crippen molar-refractivity contribution in [1.29, 1.82) is 0 Å². The average Bonchev–Trinajstić information content (AvgIpc) is 1.97. The number of aryl methyl sites for hydroxylation is 1. The zero-order valence-electron chi connectivity index (χ0n) is 6.04. The van der Waals surface area contributed by atoms with Crippen molar-refractivity contribution in [3.8, 4) is 0 Å². The average molecular weight is 218 g/mol. The van der Waals surface area contributed by atoms with Gasteiger partial charge in [0, 0.05) is 12.7 Å². The number of rotatable bonds is 1. The summed E-state index contributed by atoms with van der Waals surface area (Å²) in [6, 6.07) is 0. The molecule has 1 aromatic rings. The van der Waals surface area contributed by atoms with Gasteiger partial charge in [0.15, 0.2) is 0 Å². The van der Waals surface area contributed by atoms with Crippen molar-refractivity contribution < 1.29 is 0 Å². The molecule has 0 bridgehead atoms. The third kappa shape index (κ3) is 1.59. The van der Waals surface area contributed by atoms with E-state index in [2.05, 4.69) is 20.9 Å². The highest BCUT2D eigenvalue weighted by Crippen LogP contribution is 2.12. The smallest absolute Gasteiger partial charge is 0.349 e. The van der Waals surface area contributed by atoms with E-state index in [0.29, 0.717) is 11.0 Å². The minimum atomic E-state index is -0.312. The fourth-order valence-corrected chi connectivity index (χ4v) is 1.04. The fourth-order valence-electron chi connectivity index (χ4n) is 0.705. The largest absolute Gasteiger partial charge is 0.383 e. The number of halogens is 1. The Morgan fingerprint density at radius 3 is 3.00 bits per heavy atom. The molecule has 0 atom stereocenters. The molecule has 1 aromatic heterocycles. The van der Waals surface area contributed by atoms with E-state index in [1.54, 1.807) is 6.20 Å². The van der Waals surface area contributed by atoms with Crippen LogP contribution in [-0.4, -0.2) is 9.55 Å². The molecule has 0 spiro atoms. The molecule has 0 aliphatic carbocycles. The van der Waals surface area contributed by atoms with Gasteiger partial charge in [0.25, 0.3) is 0 Å². The van der Waals surface area contributed by atoms with Gasteiger partial charge in [0.2, 0.25) is 0 Å². The summed E-state index contributed by atoms with van der Waals surface area (Å²) in [6.45, 7) is 2.47. The third-order valence-corrected chi connectivity index (χ3v) is 1.93. The summed E-state index contributed by atoms with van der Waals surface area (Å²) >= 11 is 3.17. The molecule has 4 nitrogen and oxygen atoms in total. The third-order valence-electron chi connectivity index (χ3n) is 1.32. The zero-order chi connectivity index (χ0) is 8.43. The molecule has 0 aliphatic rings. The number of nitrogen functional groups attached to an aromatic ring is 1. The molecule has 0 aromatic carbocycles. The molecular formula is C6H8BrN3O. The molecular weight excluding hydrogens is 210 g/mol. The first kappa shape index (κ1) is 8.26. The lowest BCUT2D eigenvalue weighted by Gasteiger charge is -2.01. The molecule has 1 rings (SSSR count). The lowest BCUT2D eigenvalue weighted by atomic mass is 10.6. The van der Waals surface area contributed by atoms with Gasteiger partial charge in [0.05, 0.1) is 4.47 Å². The number of hydrogen-bond acceptors (Lipinski definition) is 3. The molecule has 5 heteroatoms. The molecule has 0 amide bonds. The Balaban J connectivity index is 3.32. The van der Waals surface area contributed by atoms with E-state index < -0.39 is 0 Å². The van der Waals surface area contributed by atoms with Gasteiger partial charge < -0.3 is 5.73 Å². The highest BCUT2D eigenvalue weighted by Gasteiger charge is 2.00. The lowest BCUT2D eigenvalue weighted by molar-refractivity contribution is 0.698. The van der Waals surface area contributed by atoms with E-state index >= 15 is 0 Å². The van der Waals surface area contributed by atoms with Crippen LogP contribution in [0.25, 0.3) is 0 Å². The molecule has 60 valence electrons. The molecule has 2 N–H and O–H groups in total. The van der Waals surface area contributed by atoms with E-state index in [0.717, 1.165) is 0 Å². The minimum Gasteiger partial charge on any atom is -0.383 e. The van der Waals surface area contributed by atoms with Crippen LogP contribution in [-0.2, 0) is 6.54 Å². The van der Waals surface area contributed by atoms with Crippen LogP contribution in [0.4, 0.5) is 5.82 Å². The van der Waals surface area contributed by atoms with Crippen LogP contribution in [0.15, 0.2) is 15.5 Å². The standard InChI is InChI=1S/C6H8BrN3O/c1-2-10-3-4(7)5(8)9-6(10)11/h3H,2H2,1H3,(H2,8,9,11). The number of nitrogens with zero attached hydrogens (tertiary/aromatic N) is 2. The Hall–Kier alpha value is -0.840. The lowest BCUT2D eigenvalue weighted by Crippen LogP contribution is -2.22. The SMILES string of the molecule is CCn1cc(Br)c(N)nc1=O. The van der Waals surface area contributed by atoms with Gasteiger partial charge in [-0.15, -0.1) is 0 Å². The van der Waals surface area contributed by atoms with E-state index in [-0.39, 0.29) is 11.5 Å². The van der Waals surface area contributed by atoms with Crippen LogP contribution in [0.5, 0.6) is 0 Å². The van der Waals surface area contributed by atoms with Gasteiger partial charge in [-0.1, -0.05) is 0 Å². The second kappa shape index (κ2) is 3.04. The summed E-state index contributed by atoms with van der Waals surface area (Å²) in [5.41, 5.74) is 5.06. The number of nitrogens with two attached hydrogens (primary N) is 1. The second-order valence-corrected chi connectivity index (χ2v) is 2.90. The summed E-state index contributed by atoms with van der Waals surface area (Å²) in [5, 5.41) is 0. The number of hydrogen-bond donors (Lipinski definition) is 1. The molecule has 0 saturated carbocycles. The van der Waals surface area contributed by atoms with Gasteiger partial charge in [-0.25, -0.2) is 4.79 Å². The van der Waals surface area contributed by atoms with Crippen molar-refractivity contribution in [2.24, 2.45) is 0 Å². The Kier molecular flexibility index (Phi) is 2.28. The molecule has 1 heterocycles. The molecule has 0 aliphatic heterocycles. The van der Waals surface area contributed by atoms with E-state index in [4.69, 9.17) is 5.73 Å². The van der Waals surface area contributed by atoms with Crippen molar-refractivity contribution in [1.82, 2.24) is 9.55 Å². The van der Waals surface area contributed by atoms with Gasteiger partial charge in [0.1, 0.15) is 5.82 Å². The summed E-state index contributed by atoms with van der Waals surface area (Å²) in [4.78, 5) is 14.6. The number of aromatic nitrogens is 2. The van der Waals surface area contributed by atoms with Crippen LogP contribution >= 0.6 is 15.9 Å². The summed E-state index contributed by atoms with van der Waals surface area (Å²) in [7, 11) is 0. The van der Waals surface area contributed by atoms with Crippen LogP contribution in [0.2, 0.25) is 0 Å². The van der Waals surface area contributed by atoms with Gasteiger partial charge >= 0.3 is 5.69 Å².